The van der Waals surface area contributed by atoms with E-state index in [1.165, 1.54) is 0 Å². The van der Waals surface area contributed by atoms with Crippen LogP contribution in [0.4, 0.5) is 4.79 Å². The molecule has 164 valence electrons. The van der Waals surface area contributed by atoms with Gasteiger partial charge in [0.2, 0.25) is 6.29 Å². The molecule has 0 fully saturated rings. The standard InChI is InChI=1S/C21H30ClNO6.Na.H/c1-3-5-6-9-19(25)28-20(8-4-2)29-21(26)23-15-7-10-18(24)27-17-13-11-16(22)12-14-17;;/h11-14,20H,3-10,15H2,1-2H3,(H,23,26);;. The third-order valence-corrected chi connectivity index (χ3v) is 4.13. The monoisotopic (exact) mass is 451 g/mol. The van der Waals surface area contributed by atoms with E-state index in [1.807, 2.05) is 6.92 Å². The Labute approximate surface area is 205 Å². The molecule has 7 nitrogen and oxygen atoms in total. The van der Waals surface area contributed by atoms with Crippen molar-refractivity contribution in [1.29, 1.82) is 0 Å². The molecule has 30 heavy (non-hydrogen) atoms. The number of rotatable bonds is 13. The molecule has 0 radical (unpaired) electrons. The number of esters is 2. The zero-order chi connectivity index (χ0) is 21.5. The Morgan fingerprint density at radius 2 is 1.60 bits per heavy atom. The van der Waals surface area contributed by atoms with Crippen LogP contribution in [0, 0.1) is 0 Å². The van der Waals surface area contributed by atoms with E-state index in [2.05, 4.69) is 12.2 Å². The number of carbonyl (C=O) groups excluding carboxylic acids is 3. The summed E-state index contributed by atoms with van der Waals surface area (Å²) in [5.74, 6) is -0.364. The molecule has 1 N–H and O–H groups in total. The van der Waals surface area contributed by atoms with Gasteiger partial charge in [-0.1, -0.05) is 38.3 Å². The molecule has 9 heteroatoms. The van der Waals surface area contributed by atoms with Crippen LogP contribution in [0.1, 0.15) is 65.2 Å². The quantitative estimate of drug-likeness (QED) is 0.157. The Morgan fingerprint density at radius 3 is 2.23 bits per heavy atom. The van der Waals surface area contributed by atoms with Crippen LogP contribution in [0.15, 0.2) is 24.3 Å². The van der Waals surface area contributed by atoms with Crippen molar-refractivity contribution in [2.24, 2.45) is 0 Å². The van der Waals surface area contributed by atoms with Gasteiger partial charge < -0.3 is 19.5 Å². The number of carbonyl (C=O) groups is 3. The van der Waals surface area contributed by atoms with Gasteiger partial charge in [0, 0.05) is 30.8 Å². The summed E-state index contributed by atoms with van der Waals surface area (Å²) in [5.41, 5.74) is 0. The van der Waals surface area contributed by atoms with Crippen LogP contribution in [0.3, 0.4) is 0 Å². The van der Waals surface area contributed by atoms with Crippen molar-refractivity contribution in [2.75, 3.05) is 6.54 Å². The van der Waals surface area contributed by atoms with Gasteiger partial charge in [0.15, 0.2) is 0 Å². The first kappa shape index (κ1) is 28.7. The molecule has 0 heterocycles. The fraction of sp³-hybridized carbons (Fsp3) is 0.571. The zero-order valence-corrected chi connectivity index (χ0v) is 17.8. The predicted octanol–water partition coefficient (Wildman–Crippen LogP) is 4.35. The second-order valence-electron chi connectivity index (χ2n) is 6.53. The van der Waals surface area contributed by atoms with Crippen molar-refractivity contribution in [3.05, 3.63) is 29.3 Å². The topological polar surface area (TPSA) is 90.9 Å². The maximum atomic E-state index is 11.9. The number of halogens is 1. The number of nitrogens with one attached hydrogen (secondary N) is 1. The van der Waals surface area contributed by atoms with Gasteiger partial charge >= 0.3 is 47.6 Å². The molecule has 1 atom stereocenters. The second-order valence-corrected chi connectivity index (χ2v) is 6.97. The van der Waals surface area contributed by atoms with E-state index >= 15 is 0 Å². The summed E-state index contributed by atoms with van der Waals surface area (Å²) < 4.78 is 15.5. The van der Waals surface area contributed by atoms with E-state index in [-0.39, 0.29) is 48.5 Å². The minimum absolute atomic E-state index is 0. The van der Waals surface area contributed by atoms with E-state index < -0.39 is 18.4 Å². The van der Waals surface area contributed by atoms with Crippen LogP contribution in [0.5, 0.6) is 5.75 Å². The fourth-order valence-corrected chi connectivity index (χ4v) is 2.50. The van der Waals surface area contributed by atoms with Gasteiger partial charge in [0.25, 0.3) is 0 Å². The molecule has 1 aromatic carbocycles. The molecule has 1 unspecified atom stereocenters. The van der Waals surface area contributed by atoms with Gasteiger partial charge in [0.05, 0.1) is 0 Å². The summed E-state index contributed by atoms with van der Waals surface area (Å²) in [6.45, 7) is 4.19. The first-order valence-corrected chi connectivity index (χ1v) is 10.4. The van der Waals surface area contributed by atoms with Gasteiger partial charge in [-0.05, 0) is 43.5 Å². The summed E-state index contributed by atoms with van der Waals surface area (Å²) in [6, 6.07) is 6.47. The number of benzene rings is 1. The number of unbranched alkanes of at least 4 members (excludes halogenated alkanes) is 2. The molecular weight excluding hydrogens is 421 g/mol. The van der Waals surface area contributed by atoms with Gasteiger partial charge in [-0.2, -0.15) is 0 Å². The van der Waals surface area contributed by atoms with Gasteiger partial charge in [0.1, 0.15) is 5.75 Å². The Hall–Kier alpha value is -1.28. The first-order chi connectivity index (χ1) is 13.9. The summed E-state index contributed by atoms with van der Waals surface area (Å²) in [5, 5.41) is 3.10. The van der Waals surface area contributed by atoms with Gasteiger partial charge in [-0.3, -0.25) is 9.59 Å². The van der Waals surface area contributed by atoms with Crippen LogP contribution in [0.25, 0.3) is 0 Å². The first-order valence-electron chi connectivity index (χ1n) is 10.0. The molecule has 0 aliphatic carbocycles. The van der Waals surface area contributed by atoms with E-state index in [4.69, 9.17) is 25.8 Å². The van der Waals surface area contributed by atoms with Gasteiger partial charge in [-0.25, -0.2) is 4.79 Å². The van der Waals surface area contributed by atoms with Crippen molar-refractivity contribution in [2.45, 2.75) is 71.5 Å². The Morgan fingerprint density at radius 1 is 0.933 bits per heavy atom. The molecule has 0 aliphatic rings. The number of hydrogen-bond acceptors (Lipinski definition) is 6. The molecule has 0 aromatic heterocycles. The van der Waals surface area contributed by atoms with Crippen LogP contribution < -0.4 is 10.1 Å². The Bertz CT molecular complexity index is 641. The predicted molar refractivity (Wildman–Crippen MR) is 117 cm³/mol. The van der Waals surface area contributed by atoms with Crippen LogP contribution in [-0.4, -0.2) is 60.4 Å². The normalized spacial score (nSPS) is 11.0. The average molecular weight is 452 g/mol. The number of ether oxygens (including phenoxy) is 3. The van der Waals surface area contributed by atoms with Crippen LogP contribution in [0.2, 0.25) is 5.02 Å². The fourth-order valence-electron chi connectivity index (χ4n) is 2.37. The molecule has 1 aromatic rings. The van der Waals surface area contributed by atoms with Gasteiger partial charge in [-0.15, -0.1) is 0 Å². The Kier molecular flexibility index (Phi) is 16.7. The molecule has 0 bridgehead atoms. The SMILES string of the molecule is CCCCCC(=O)OC(CCC)OC(=O)NCCCC(=O)Oc1ccc(Cl)cc1.[NaH]. The number of alkyl carbamates (subject to hydrolysis) is 1. The van der Waals surface area contributed by atoms with E-state index in [9.17, 15) is 14.4 Å². The summed E-state index contributed by atoms with van der Waals surface area (Å²) in [6.07, 6.45) is 3.11. The molecule has 1 amide bonds. The third kappa shape index (κ3) is 13.9. The second kappa shape index (κ2) is 17.4. The van der Waals surface area contributed by atoms with Crippen molar-refractivity contribution in [3.8, 4) is 5.75 Å². The number of amides is 1. The molecule has 0 spiro atoms. The van der Waals surface area contributed by atoms with Crippen molar-refractivity contribution in [1.82, 2.24) is 5.32 Å². The average Bonchev–Trinajstić information content (AvgIpc) is 2.67. The summed E-state index contributed by atoms with van der Waals surface area (Å²) in [4.78, 5) is 35.5. The van der Waals surface area contributed by atoms with E-state index in [1.54, 1.807) is 24.3 Å². The molecule has 1 rings (SSSR count). The van der Waals surface area contributed by atoms with E-state index in [0.717, 1.165) is 19.3 Å². The molecule has 0 saturated carbocycles. The van der Waals surface area contributed by atoms with Crippen LogP contribution in [-0.2, 0) is 19.1 Å². The molecule has 0 saturated heterocycles. The van der Waals surface area contributed by atoms with Crippen LogP contribution >= 0.6 is 11.6 Å². The summed E-state index contributed by atoms with van der Waals surface area (Å²) >= 11 is 5.77. The van der Waals surface area contributed by atoms with Crippen molar-refractivity contribution < 1.29 is 28.6 Å². The molecule has 0 aliphatic heterocycles. The zero-order valence-electron chi connectivity index (χ0n) is 17.1. The summed E-state index contributed by atoms with van der Waals surface area (Å²) in [7, 11) is 0. The Balaban J connectivity index is 0.00000841. The minimum atomic E-state index is -0.899. The van der Waals surface area contributed by atoms with Crippen molar-refractivity contribution >= 4 is 59.2 Å². The maximum absolute atomic E-state index is 11.9. The third-order valence-electron chi connectivity index (χ3n) is 3.88. The molecular formula is C21H31ClNNaO6. The van der Waals surface area contributed by atoms with Crippen molar-refractivity contribution in [3.63, 3.8) is 0 Å². The number of hydrogen-bond donors (Lipinski definition) is 1. The van der Waals surface area contributed by atoms with E-state index in [0.29, 0.717) is 36.5 Å².